The van der Waals surface area contributed by atoms with Gasteiger partial charge < -0.3 is 29.5 Å². The van der Waals surface area contributed by atoms with E-state index in [0.717, 1.165) is 5.56 Å². The van der Waals surface area contributed by atoms with Gasteiger partial charge in [-0.25, -0.2) is 9.59 Å². The summed E-state index contributed by atoms with van der Waals surface area (Å²) in [5.41, 5.74) is 0.842. The van der Waals surface area contributed by atoms with Crippen molar-refractivity contribution in [2.45, 2.75) is 12.5 Å². The molecule has 0 fully saturated rings. The van der Waals surface area contributed by atoms with Crippen LogP contribution in [-0.2, 0) is 25.4 Å². The molecule has 1 atom stereocenters. The molecule has 2 N–H and O–H groups in total. The number of likely N-dealkylation sites (N-methyl/N-ethyl adjacent to an activating group) is 1. The zero-order chi connectivity index (χ0) is 18.5. The van der Waals surface area contributed by atoms with Gasteiger partial charge in [0.15, 0.2) is 0 Å². The Balaban J connectivity index is 2.32. The Kier molecular flexibility index (Phi) is 10.2. The molecule has 1 aromatic carbocycles. The Morgan fingerprint density at radius 3 is 2.48 bits per heavy atom. The summed E-state index contributed by atoms with van der Waals surface area (Å²) < 4.78 is 15.2. The minimum atomic E-state index is -1.08. The predicted octanol–water partition coefficient (Wildman–Crippen LogP) is 0.961. The van der Waals surface area contributed by atoms with E-state index in [0.29, 0.717) is 19.8 Å². The maximum atomic E-state index is 12.1. The Labute approximate surface area is 147 Å². The maximum absolute atomic E-state index is 12.1. The molecule has 140 valence electrons. The molecule has 0 aromatic heterocycles. The highest BCUT2D eigenvalue weighted by Crippen LogP contribution is 2.04. The van der Waals surface area contributed by atoms with Crippen LogP contribution in [0.3, 0.4) is 0 Å². The van der Waals surface area contributed by atoms with E-state index < -0.39 is 18.0 Å². The van der Waals surface area contributed by atoms with Crippen LogP contribution in [0.5, 0.6) is 0 Å². The maximum Gasteiger partial charge on any atom is 0.326 e. The fourth-order valence-electron chi connectivity index (χ4n) is 1.93. The van der Waals surface area contributed by atoms with Crippen molar-refractivity contribution in [3.63, 3.8) is 0 Å². The highest BCUT2D eigenvalue weighted by molar-refractivity contribution is 5.82. The van der Waals surface area contributed by atoms with Crippen molar-refractivity contribution < 1.29 is 28.9 Å². The van der Waals surface area contributed by atoms with Crippen LogP contribution in [0.2, 0.25) is 0 Å². The van der Waals surface area contributed by atoms with E-state index in [1.54, 1.807) is 14.2 Å². The second kappa shape index (κ2) is 12.2. The molecule has 0 heterocycles. The van der Waals surface area contributed by atoms with Crippen LogP contribution >= 0.6 is 0 Å². The molecule has 0 spiro atoms. The fourth-order valence-corrected chi connectivity index (χ4v) is 1.93. The number of nitrogens with one attached hydrogen (secondary N) is 1. The van der Waals surface area contributed by atoms with Crippen LogP contribution in [0.15, 0.2) is 30.3 Å². The number of carbonyl (C=O) groups excluding carboxylic acids is 1. The number of hydrogen-bond donors (Lipinski definition) is 2. The van der Waals surface area contributed by atoms with E-state index in [2.05, 4.69) is 5.32 Å². The summed E-state index contributed by atoms with van der Waals surface area (Å²) in [5, 5.41) is 11.8. The highest BCUT2D eigenvalue weighted by Gasteiger charge is 2.22. The lowest BCUT2D eigenvalue weighted by Crippen LogP contribution is -2.48. The SMILES string of the molecule is COCCOCOCCN(C)C(=O)N[C@@H](Cc1ccccc1)C(=O)O. The first-order chi connectivity index (χ1) is 12.0. The van der Waals surface area contributed by atoms with Crippen molar-refractivity contribution in [2.75, 3.05) is 47.3 Å². The number of aliphatic carboxylic acids is 1. The third kappa shape index (κ3) is 9.04. The van der Waals surface area contributed by atoms with Crippen molar-refractivity contribution in [1.29, 1.82) is 0 Å². The Bertz CT molecular complexity index is 511. The Morgan fingerprint density at radius 2 is 1.84 bits per heavy atom. The van der Waals surface area contributed by atoms with Gasteiger partial charge in [-0.3, -0.25) is 0 Å². The topological polar surface area (TPSA) is 97.3 Å². The minimum absolute atomic E-state index is 0.116. The number of rotatable bonds is 12. The van der Waals surface area contributed by atoms with Gasteiger partial charge in [0.05, 0.1) is 19.8 Å². The summed E-state index contributed by atoms with van der Waals surface area (Å²) in [4.78, 5) is 24.8. The van der Waals surface area contributed by atoms with Crippen LogP contribution < -0.4 is 5.32 Å². The van der Waals surface area contributed by atoms with Crippen molar-refractivity contribution in [2.24, 2.45) is 0 Å². The van der Waals surface area contributed by atoms with E-state index in [4.69, 9.17) is 14.2 Å². The number of carboxylic acid groups (broad SMARTS) is 1. The quantitative estimate of drug-likeness (QED) is 0.429. The van der Waals surface area contributed by atoms with E-state index >= 15 is 0 Å². The summed E-state index contributed by atoms with van der Waals surface area (Å²) in [5.74, 6) is -1.08. The number of hydrogen-bond acceptors (Lipinski definition) is 5. The van der Waals surface area contributed by atoms with Gasteiger partial charge in [-0.05, 0) is 5.56 Å². The predicted molar refractivity (Wildman–Crippen MR) is 91.4 cm³/mol. The van der Waals surface area contributed by atoms with Gasteiger partial charge in [-0.2, -0.15) is 0 Å². The molecular weight excluding hydrogens is 328 g/mol. The van der Waals surface area contributed by atoms with E-state index in [-0.39, 0.29) is 19.8 Å². The molecule has 0 aliphatic carbocycles. The number of carboxylic acids is 1. The molecule has 1 aromatic rings. The number of urea groups is 1. The van der Waals surface area contributed by atoms with Gasteiger partial charge in [-0.15, -0.1) is 0 Å². The van der Waals surface area contributed by atoms with Gasteiger partial charge >= 0.3 is 12.0 Å². The molecule has 1 rings (SSSR count). The Morgan fingerprint density at radius 1 is 1.16 bits per heavy atom. The number of amides is 2. The average molecular weight is 354 g/mol. The minimum Gasteiger partial charge on any atom is -0.480 e. The molecule has 0 radical (unpaired) electrons. The van der Waals surface area contributed by atoms with E-state index in [1.165, 1.54) is 4.90 Å². The lowest BCUT2D eigenvalue weighted by molar-refractivity contribution is -0.139. The molecule has 8 nitrogen and oxygen atoms in total. The first kappa shape index (κ1) is 20.9. The monoisotopic (exact) mass is 354 g/mol. The van der Waals surface area contributed by atoms with Gasteiger partial charge in [0.25, 0.3) is 0 Å². The van der Waals surface area contributed by atoms with Crippen LogP contribution in [0, 0.1) is 0 Å². The second-order valence-corrected chi connectivity index (χ2v) is 5.38. The van der Waals surface area contributed by atoms with Crippen molar-refractivity contribution in [3.8, 4) is 0 Å². The lowest BCUT2D eigenvalue weighted by atomic mass is 10.1. The molecule has 0 aliphatic rings. The standard InChI is InChI=1S/C17H26N2O6/c1-19(8-9-24-13-25-11-10-23-2)17(22)18-15(16(20)21)12-14-6-4-3-5-7-14/h3-7,15H,8-13H2,1-2H3,(H,18,22)(H,20,21)/t15-/m0/s1. The molecule has 8 heteroatoms. The van der Waals surface area contributed by atoms with E-state index in [9.17, 15) is 14.7 Å². The number of methoxy groups -OCH3 is 1. The van der Waals surface area contributed by atoms with Crippen LogP contribution in [0.1, 0.15) is 5.56 Å². The van der Waals surface area contributed by atoms with Crippen molar-refractivity contribution in [1.82, 2.24) is 10.2 Å². The largest absolute Gasteiger partial charge is 0.480 e. The average Bonchev–Trinajstić information content (AvgIpc) is 2.60. The van der Waals surface area contributed by atoms with Gasteiger partial charge in [0.1, 0.15) is 12.8 Å². The van der Waals surface area contributed by atoms with Crippen molar-refractivity contribution >= 4 is 12.0 Å². The Hall–Kier alpha value is -2.16. The molecule has 2 amide bonds. The summed E-state index contributed by atoms with van der Waals surface area (Å²) >= 11 is 0. The smallest absolute Gasteiger partial charge is 0.326 e. The molecule has 0 saturated heterocycles. The third-order valence-corrected chi connectivity index (χ3v) is 3.39. The fraction of sp³-hybridized carbons (Fsp3) is 0.529. The molecule has 0 bridgehead atoms. The number of nitrogens with zero attached hydrogens (tertiary/aromatic N) is 1. The van der Waals surface area contributed by atoms with Crippen LogP contribution in [0.25, 0.3) is 0 Å². The first-order valence-electron chi connectivity index (χ1n) is 7.97. The van der Waals surface area contributed by atoms with Gasteiger partial charge in [-0.1, -0.05) is 30.3 Å². The highest BCUT2D eigenvalue weighted by atomic mass is 16.7. The normalized spacial score (nSPS) is 11.8. The lowest BCUT2D eigenvalue weighted by Gasteiger charge is -2.21. The van der Waals surface area contributed by atoms with E-state index in [1.807, 2.05) is 30.3 Å². The summed E-state index contributed by atoms with van der Waals surface area (Å²) in [6.07, 6.45) is 0.222. The van der Waals surface area contributed by atoms with Gasteiger partial charge in [0, 0.05) is 27.1 Å². The molecular formula is C17H26N2O6. The summed E-state index contributed by atoms with van der Waals surface area (Å²) in [7, 11) is 3.16. The molecule has 0 aliphatic heterocycles. The zero-order valence-corrected chi connectivity index (χ0v) is 14.6. The molecule has 0 saturated carbocycles. The summed E-state index contributed by atoms with van der Waals surface area (Å²) in [6, 6.07) is 7.70. The van der Waals surface area contributed by atoms with Crippen LogP contribution in [0.4, 0.5) is 4.79 Å². The number of carbonyl (C=O) groups is 2. The van der Waals surface area contributed by atoms with Crippen molar-refractivity contribution in [3.05, 3.63) is 35.9 Å². The van der Waals surface area contributed by atoms with Gasteiger partial charge in [0.2, 0.25) is 0 Å². The number of benzene rings is 1. The summed E-state index contributed by atoms with van der Waals surface area (Å²) in [6.45, 7) is 1.64. The third-order valence-electron chi connectivity index (χ3n) is 3.39. The molecule has 0 unspecified atom stereocenters. The molecule has 25 heavy (non-hydrogen) atoms. The first-order valence-corrected chi connectivity index (χ1v) is 7.97. The second-order valence-electron chi connectivity index (χ2n) is 5.38. The number of ether oxygens (including phenoxy) is 3. The van der Waals surface area contributed by atoms with Crippen LogP contribution in [-0.4, -0.2) is 75.4 Å². The zero-order valence-electron chi connectivity index (χ0n) is 14.6.